The molecule has 2 heterocycles. The molecule has 1 saturated heterocycles. The average molecular weight is 472 g/mol. The molecule has 2 amide bonds. The quantitative estimate of drug-likeness (QED) is 0.505. The Kier molecular flexibility index (Phi) is 6.86. The van der Waals surface area contributed by atoms with Gasteiger partial charge in [0.15, 0.2) is 0 Å². The Morgan fingerprint density at radius 2 is 1.91 bits per heavy atom. The Morgan fingerprint density at radius 3 is 2.56 bits per heavy atom. The molecule has 0 radical (unpaired) electrons. The van der Waals surface area contributed by atoms with E-state index in [4.69, 9.17) is 11.6 Å². The highest BCUT2D eigenvalue weighted by Crippen LogP contribution is 2.26. The van der Waals surface area contributed by atoms with Crippen LogP contribution in [0.5, 0.6) is 0 Å². The summed E-state index contributed by atoms with van der Waals surface area (Å²) in [5, 5.41) is 3.42. The van der Waals surface area contributed by atoms with Crippen LogP contribution in [0.15, 0.2) is 53.9 Å². The summed E-state index contributed by atoms with van der Waals surface area (Å²) in [6.45, 7) is 3.16. The van der Waals surface area contributed by atoms with Crippen molar-refractivity contribution in [2.24, 2.45) is 5.92 Å². The number of likely N-dealkylation sites (tertiary alicyclic amines) is 1. The summed E-state index contributed by atoms with van der Waals surface area (Å²) in [4.78, 5) is 34.4. The highest BCUT2D eigenvalue weighted by atomic mass is 35.5. The number of nitrogens with zero attached hydrogens (tertiary/aromatic N) is 3. The lowest BCUT2D eigenvalue weighted by atomic mass is 9.95. The standard InChI is InChI=1S/C24H23ClFN3O2S/c1-16-27-21(15-32-16)14-29(22-10-8-20(26)9-11-22)24(31)18-3-2-12-28(13-18)23(30)17-4-6-19(25)7-5-17/h4-11,15,18H,2-3,12-14H2,1H3. The summed E-state index contributed by atoms with van der Waals surface area (Å²) in [5.41, 5.74) is 1.95. The maximum absolute atomic E-state index is 13.6. The number of benzene rings is 2. The topological polar surface area (TPSA) is 53.5 Å². The Morgan fingerprint density at radius 1 is 1.19 bits per heavy atom. The van der Waals surface area contributed by atoms with Gasteiger partial charge in [-0.25, -0.2) is 9.37 Å². The van der Waals surface area contributed by atoms with Gasteiger partial charge in [0.05, 0.1) is 23.2 Å². The number of hydrogen-bond donors (Lipinski definition) is 0. The Hall–Kier alpha value is -2.77. The molecule has 1 aliphatic heterocycles. The van der Waals surface area contributed by atoms with Gasteiger partial charge in [-0.15, -0.1) is 11.3 Å². The number of aromatic nitrogens is 1. The summed E-state index contributed by atoms with van der Waals surface area (Å²) in [6.07, 6.45) is 1.43. The predicted molar refractivity (Wildman–Crippen MR) is 125 cm³/mol. The van der Waals surface area contributed by atoms with Crippen molar-refractivity contribution in [3.8, 4) is 0 Å². The molecular weight excluding hydrogens is 449 g/mol. The van der Waals surface area contributed by atoms with Gasteiger partial charge >= 0.3 is 0 Å². The molecule has 1 aliphatic rings. The van der Waals surface area contributed by atoms with Gasteiger partial charge < -0.3 is 9.80 Å². The molecule has 1 aromatic heterocycles. The summed E-state index contributed by atoms with van der Waals surface area (Å²) in [5.74, 6) is -0.897. The van der Waals surface area contributed by atoms with E-state index in [2.05, 4.69) is 4.98 Å². The Bertz CT molecular complexity index is 1100. The van der Waals surface area contributed by atoms with E-state index >= 15 is 0 Å². The number of piperidine rings is 1. The Labute approximate surface area is 195 Å². The largest absolute Gasteiger partial charge is 0.338 e. The summed E-state index contributed by atoms with van der Waals surface area (Å²) in [7, 11) is 0. The van der Waals surface area contributed by atoms with E-state index in [0.29, 0.717) is 42.3 Å². The third-order valence-electron chi connectivity index (χ3n) is 5.54. The molecular formula is C24H23ClFN3O2S. The number of aryl methyl sites for hydroxylation is 1. The smallest absolute Gasteiger partial charge is 0.253 e. The molecule has 1 unspecified atom stereocenters. The molecule has 8 heteroatoms. The lowest BCUT2D eigenvalue weighted by Crippen LogP contribution is -2.46. The molecule has 0 spiro atoms. The monoisotopic (exact) mass is 471 g/mol. The molecule has 5 nitrogen and oxygen atoms in total. The van der Waals surface area contributed by atoms with Crippen LogP contribution < -0.4 is 4.90 Å². The zero-order valence-electron chi connectivity index (χ0n) is 17.6. The van der Waals surface area contributed by atoms with Crippen molar-refractivity contribution < 1.29 is 14.0 Å². The Balaban J connectivity index is 1.54. The van der Waals surface area contributed by atoms with E-state index in [1.165, 1.54) is 23.5 Å². The van der Waals surface area contributed by atoms with Gasteiger partial charge in [0.1, 0.15) is 5.82 Å². The zero-order valence-corrected chi connectivity index (χ0v) is 19.2. The minimum atomic E-state index is -0.358. The SMILES string of the molecule is Cc1nc(CN(C(=O)C2CCCN(C(=O)c3ccc(Cl)cc3)C2)c2ccc(F)cc2)cs1. The molecule has 0 bridgehead atoms. The van der Waals surface area contributed by atoms with Gasteiger partial charge in [-0.1, -0.05) is 11.6 Å². The van der Waals surface area contributed by atoms with Gasteiger partial charge in [0, 0.05) is 34.7 Å². The van der Waals surface area contributed by atoms with Crippen LogP contribution in [0, 0.1) is 18.7 Å². The molecule has 4 rings (SSSR count). The minimum absolute atomic E-state index is 0.0872. The van der Waals surface area contributed by atoms with Crippen LogP contribution in [0.25, 0.3) is 0 Å². The van der Waals surface area contributed by atoms with Crippen LogP contribution in [0.1, 0.15) is 33.9 Å². The lowest BCUT2D eigenvalue weighted by molar-refractivity contribution is -0.123. The van der Waals surface area contributed by atoms with Gasteiger partial charge in [-0.05, 0) is 68.3 Å². The maximum Gasteiger partial charge on any atom is 0.253 e. The number of carbonyl (C=O) groups is 2. The van der Waals surface area contributed by atoms with Crippen molar-refractivity contribution in [3.05, 3.63) is 81.0 Å². The van der Waals surface area contributed by atoms with Gasteiger partial charge in [0.2, 0.25) is 5.91 Å². The third-order valence-corrected chi connectivity index (χ3v) is 6.61. The molecule has 0 saturated carbocycles. The van der Waals surface area contributed by atoms with Crippen molar-refractivity contribution in [2.45, 2.75) is 26.3 Å². The first-order chi connectivity index (χ1) is 15.4. The number of carbonyl (C=O) groups excluding carboxylic acids is 2. The average Bonchev–Trinajstić information content (AvgIpc) is 3.22. The van der Waals surface area contributed by atoms with Crippen LogP contribution in [0.2, 0.25) is 5.02 Å². The summed E-state index contributed by atoms with van der Waals surface area (Å²) in [6, 6.07) is 12.7. The fraction of sp³-hybridized carbons (Fsp3) is 0.292. The highest BCUT2D eigenvalue weighted by molar-refractivity contribution is 7.09. The first kappa shape index (κ1) is 22.4. The van der Waals surface area contributed by atoms with E-state index in [9.17, 15) is 14.0 Å². The molecule has 32 heavy (non-hydrogen) atoms. The van der Waals surface area contributed by atoms with Crippen LogP contribution >= 0.6 is 22.9 Å². The van der Waals surface area contributed by atoms with Crippen LogP contribution in [0.3, 0.4) is 0 Å². The second-order valence-corrected chi connectivity index (χ2v) is 9.35. The van der Waals surface area contributed by atoms with Crippen molar-refractivity contribution in [3.63, 3.8) is 0 Å². The van der Waals surface area contributed by atoms with Gasteiger partial charge in [0.25, 0.3) is 5.91 Å². The van der Waals surface area contributed by atoms with Crippen molar-refractivity contribution >= 4 is 40.4 Å². The summed E-state index contributed by atoms with van der Waals surface area (Å²) >= 11 is 7.46. The van der Waals surface area contributed by atoms with E-state index in [0.717, 1.165) is 17.1 Å². The second-order valence-electron chi connectivity index (χ2n) is 7.86. The maximum atomic E-state index is 13.6. The second kappa shape index (κ2) is 9.79. The number of anilines is 1. The predicted octanol–water partition coefficient (Wildman–Crippen LogP) is 5.33. The molecule has 1 atom stereocenters. The van der Waals surface area contributed by atoms with Crippen molar-refractivity contribution in [2.75, 3.05) is 18.0 Å². The number of hydrogen-bond acceptors (Lipinski definition) is 4. The molecule has 0 N–H and O–H groups in total. The van der Waals surface area contributed by atoms with Crippen LogP contribution in [-0.2, 0) is 11.3 Å². The molecule has 1 fully saturated rings. The van der Waals surface area contributed by atoms with Gasteiger partial charge in [-0.3, -0.25) is 9.59 Å². The molecule has 166 valence electrons. The third kappa shape index (κ3) is 5.16. The minimum Gasteiger partial charge on any atom is -0.338 e. The number of halogens is 2. The lowest BCUT2D eigenvalue weighted by Gasteiger charge is -2.35. The normalized spacial score (nSPS) is 16.1. The first-order valence-electron chi connectivity index (χ1n) is 10.4. The van der Waals surface area contributed by atoms with E-state index in [1.54, 1.807) is 46.2 Å². The highest BCUT2D eigenvalue weighted by Gasteiger charge is 2.32. The van der Waals surface area contributed by atoms with E-state index in [1.807, 2.05) is 12.3 Å². The van der Waals surface area contributed by atoms with Crippen molar-refractivity contribution in [1.29, 1.82) is 0 Å². The van der Waals surface area contributed by atoms with Crippen LogP contribution in [0.4, 0.5) is 10.1 Å². The molecule has 3 aromatic rings. The van der Waals surface area contributed by atoms with Crippen LogP contribution in [-0.4, -0.2) is 34.8 Å². The first-order valence-corrected chi connectivity index (χ1v) is 11.7. The molecule has 0 aliphatic carbocycles. The number of rotatable bonds is 5. The zero-order chi connectivity index (χ0) is 22.7. The van der Waals surface area contributed by atoms with E-state index < -0.39 is 0 Å². The molecule has 2 aromatic carbocycles. The summed E-state index contributed by atoms with van der Waals surface area (Å²) < 4.78 is 13.5. The number of amides is 2. The van der Waals surface area contributed by atoms with E-state index in [-0.39, 0.29) is 23.5 Å². The number of thiazole rings is 1. The van der Waals surface area contributed by atoms with Crippen molar-refractivity contribution in [1.82, 2.24) is 9.88 Å². The van der Waals surface area contributed by atoms with Gasteiger partial charge in [-0.2, -0.15) is 0 Å². The fourth-order valence-electron chi connectivity index (χ4n) is 3.92. The fourth-order valence-corrected chi connectivity index (χ4v) is 4.65.